The summed E-state index contributed by atoms with van der Waals surface area (Å²) in [6.45, 7) is 3.60. The molecule has 0 unspecified atom stereocenters. The zero-order chi connectivity index (χ0) is 27.9. The first-order valence-electron chi connectivity index (χ1n) is 12.1. The van der Waals surface area contributed by atoms with E-state index in [1.54, 1.807) is 0 Å². The highest BCUT2D eigenvalue weighted by atomic mass is 19.4. The van der Waals surface area contributed by atoms with Crippen LogP contribution in [0, 0.1) is 0 Å². The number of nitrogens with zero attached hydrogens (tertiary/aromatic N) is 3. The molecule has 0 radical (unpaired) electrons. The van der Waals surface area contributed by atoms with Gasteiger partial charge >= 0.3 is 12.1 Å². The van der Waals surface area contributed by atoms with Gasteiger partial charge in [-0.1, -0.05) is 0 Å². The minimum Gasteiger partial charge on any atom is -0.493 e. The number of alkyl halides is 3. The number of hydrogen-bond donors (Lipinski definition) is 0. The second-order valence-corrected chi connectivity index (χ2v) is 8.99. The summed E-state index contributed by atoms with van der Waals surface area (Å²) in [7, 11) is 2.36. The third-order valence-electron chi connectivity index (χ3n) is 6.79. The van der Waals surface area contributed by atoms with Crippen LogP contribution < -0.4 is 19.8 Å². The molecule has 2 aliphatic rings. The van der Waals surface area contributed by atoms with Crippen LogP contribution >= 0.6 is 0 Å². The maximum atomic E-state index is 13.9. The summed E-state index contributed by atoms with van der Waals surface area (Å²) < 4.78 is 61.8. The van der Waals surface area contributed by atoms with Gasteiger partial charge in [-0.05, 0) is 18.6 Å². The molecule has 206 valence electrons. The molecule has 3 aromatic rings. The number of methoxy groups -OCH3 is 2. The highest BCUT2D eigenvalue weighted by molar-refractivity contribution is 6.28. The van der Waals surface area contributed by atoms with Gasteiger partial charge in [-0.3, -0.25) is 19.5 Å². The number of carbonyl (C=O) groups excluding carboxylic acids is 2. The van der Waals surface area contributed by atoms with Crippen molar-refractivity contribution < 1.29 is 41.7 Å². The van der Waals surface area contributed by atoms with Crippen molar-refractivity contribution >= 4 is 22.5 Å². The number of ether oxygens (including phenoxy) is 4. The number of benzene rings is 1. The Morgan fingerprint density at radius 1 is 1.08 bits per heavy atom. The molecule has 0 atom stereocenters. The van der Waals surface area contributed by atoms with E-state index in [0.717, 1.165) is 20.2 Å². The molecule has 5 rings (SSSR count). The van der Waals surface area contributed by atoms with E-state index in [9.17, 15) is 27.6 Å². The molecule has 1 aromatic carbocycles. The van der Waals surface area contributed by atoms with Crippen LogP contribution in [0.5, 0.6) is 17.2 Å². The molecule has 0 amide bonds. The molecule has 0 bridgehead atoms. The molecular formula is C26H24F3N3O7. The number of morpholine rings is 1. The van der Waals surface area contributed by atoms with Crippen molar-refractivity contribution in [3.05, 3.63) is 46.0 Å². The van der Waals surface area contributed by atoms with E-state index in [-0.39, 0.29) is 45.6 Å². The van der Waals surface area contributed by atoms with Crippen LogP contribution in [0.15, 0.2) is 29.3 Å². The second-order valence-electron chi connectivity index (χ2n) is 8.99. The fourth-order valence-electron chi connectivity index (χ4n) is 5.03. The average molecular weight is 547 g/mol. The summed E-state index contributed by atoms with van der Waals surface area (Å²) in [4.78, 5) is 45.8. The molecule has 2 aromatic heterocycles. The zero-order valence-electron chi connectivity index (χ0n) is 21.1. The second kappa shape index (κ2) is 10.3. The monoisotopic (exact) mass is 547 g/mol. The van der Waals surface area contributed by atoms with Crippen molar-refractivity contribution in [2.24, 2.45) is 0 Å². The summed E-state index contributed by atoms with van der Waals surface area (Å²) in [6, 6.07) is 2.74. The third kappa shape index (κ3) is 4.61. The first-order chi connectivity index (χ1) is 18.7. The van der Waals surface area contributed by atoms with E-state index >= 15 is 0 Å². The highest BCUT2D eigenvalue weighted by Gasteiger charge is 2.43. The Hall–Kier alpha value is -3.97. The molecule has 13 heteroatoms. The lowest BCUT2D eigenvalue weighted by Crippen LogP contribution is -2.37. The van der Waals surface area contributed by atoms with Gasteiger partial charge in [0.25, 0.3) is 5.56 Å². The summed E-state index contributed by atoms with van der Waals surface area (Å²) in [5.41, 5.74) is 0.0898. The highest BCUT2D eigenvalue weighted by Crippen LogP contribution is 2.49. The Bertz CT molecular complexity index is 1530. The van der Waals surface area contributed by atoms with Crippen molar-refractivity contribution in [3.8, 4) is 28.5 Å². The number of carbonyl (C=O) groups is 2. The van der Waals surface area contributed by atoms with Gasteiger partial charge in [0.05, 0.1) is 44.1 Å². The lowest BCUT2D eigenvalue weighted by molar-refractivity contribution is -0.189. The van der Waals surface area contributed by atoms with Crippen molar-refractivity contribution in [1.29, 1.82) is 0 Å². The van der Waals surface area contributed by atoms with Gasteiger partial charge in [-0.15, -0.1) is 0 Å². The first-order valence-corrected chi connectivity index (χ1v) is 12.1. The number of aromatic nitrogens is 2. The topological polar surface area (TPSA) is 109 Å². The number of esters is 1. The van der Waals surface area contributed by atoms with Crippen molar-refractivity contribution in [2.45, 2.75) is 19.1 Å². The van der Waals surface area contributed by atoms with Crippen molar-refractivity contribution in [2.75, 3.05) is 47.1 Å². The van der Waals surface area contributed by atoms with Crippen LogP contribution in [0.2, 0.25) is 0 Å². The Kier molecular flexibility index (Phi) is 7.03. The van der Waals surface area contributed by atoms with Gasteiger partial charge < -0.3 is 23.5 Å². The van der Waals surface area contributed by atoms with E-state index in [2.05, 4.69) is 9.88 Å². The van der Waals surface area contributed by atoms with Crippen LogP contribution in [-0.2, 0) is 16.1 Å². The van der Waals surface area contributed by atoms with Gasteiger partial charge in [0.2, 0.25) is 5.75 Å². The zero-order valence-corrected chi connectivity index (χ0v) is 21.1. The van der Waals surface area contributed by atoms with Crippen molar-refractivity contribution in [3.63, 3.8) is 0 Å². The first kappa shape index (κ1) is 26.6. The molecule has 1 fully saturated rings. The molecule has 0 N–H and O–H groups in total. The Labute approximate surface area is 219 Å². The summed E-state index contributed by atoms with van der Waals surface area (Å²) in [5, 5.41) is -0.423. The van der Waals surface area contributed by atoms with Crippen LogP contribution in [0.4, 0.5) is 13.2 Å². The van der Waals surface area contributed by atoms with Crippen LogP contribution in [0.25, 0.3) is 22.0 Å². The van der Waals surface area contributed by atoms with Gasteiger partial charge in [0.15, 0.2) is 17.3 Å². The van der Waals surface area contributed by atoms with Crippen LogP contribution in [-0.4, -0.2) is 79.4 Å². The molecule has 39 heavy (non-hydrogen) atoms. The summed E-state index contributed by atoms with van der Waals surface area (Å²) >= 11 is 0. The van der Waals surface area contributed by atoms with Gasteiger partial charge in [0, 0.05) is 55.1 Å². The summed E-state index contributed by atoms with van der Waals surface area (Å²) in [6.07, 6.45) is -1.98. The smallest absolute Gasteiger partial charge is 0.491 e. The summed E-state index contributed by atoms with van der Waals surface area (Å²) in [5.74, 6) is -4.32. The Morgan fingerprint density at radius 3 is 2.49 bits per heavy atom. The van der Waals surface area contributed by atoms with E-state index in [4.69, 9.17) is 18.9 Å². The van der Waals surface area contributed by atoms with E-state index in [1.807, 2.05) is 0 Å². The largest absolute Gasteiger partial charge is 0.493 e. The van der Waals surface area contributed by atoms with Gasteiger partial charge in [0.1, 0.15) is 0 Å². The minimum atomic E-state index is -5.35. The third-order valence-corrected chi connectivity index (χ3v) is 6.79. The fourth-order valence-corrected chi connectivity index (χ4v) is 5.03. The maximum absolute atomic E-state index is 13.9. The Balaban J connectivity index is 1.76. The molecular weight excluding hydrogens is 523 g/mol. The minimum absolute atomic E-state index is 0.0788. The molecule has 10 nitrogen and oxygen atoms in total. The molecule has 3 heterocycles. The molecule has 0 saturated carbocycles. The molecule has 1 aliphatic heterocycles. The van der Waals surface area contributed by atoms with E-state index in [0.29, 0.717) is 31.7 Å². The fraction of sp³-hybridized carbons (Fsp3) is 0.385. The van der Waals surface area contributed by atoms with Gasteiger partial charge in [-0.2, -0.15) is 13.2 Å². The normalized spacial score (nSPS) is 15.3. The number of fused-ring (bicyclic) bond motifs is 5. The number of ketones is 1. The number of pyridine rings is 2. The van der Waals surface area contributed by atoms with Crippen LogP contribution in [0.3, 0.4) is 0 Å². The SMILES string of the molecule is COc1cc2c(=O)n(CCCN3CCOCC3)c3c(c2c(OC(=O)C(F)(F)F)c1OC)C(=O)c1ccncc1-3. The van der Waals surface area contributed by atoms with Gasteiger partial charge in [-0.25, -0.2) is 4.79 Å². The predicted molar refractivity (Wildman–Crippen MR) is 132 cm³/mol. The van der Waals surface area contributed by atoms with Crippen LogP contribution in [0.1, 0.15) is 22.3 Å². The average Bonchev–Trinajstić information content (AvgIpc) is 3.22. The number of rotatable bonds is 7. The molecule has 1 aliphatic carbocycles. The maximum Gasteiger partial charge on any atom is 0.491 e. The lowest BCUT2D eigenvalue weighted by atomic mass is 10.0. The lowest BCUT2D eigenvalue weighted by Gasteiger charge is -2.26. The number of halogens is 3. The van der Waals surface area contributed by atoms with E-state index < -0.39 is 29.2 Å². The standard InChI is InChI=1S/C26H24F3N3O7/c1-36-17-12-15-18(23(22(17)37-2)39-25(35)26(27,28)29)19-20(16-13-30-5-4-14(16)21(19)33)32(24(15)34)7-3-6-31-8-10-38-11-9-31/h4-5,12-13H,3,6-11H2,1-2H3. The number of hydrogen-bond acceptors (Lipinski definition) is 9. The quantitative estimate of drug-likeness (QED) is 0.255. The molecule has 0 spiro atoms. The predicted octanol–water partition coefficient (Wildman–Crippen LogP) is 2.82. The molecule has 1 saturated heterocycles. The Morgan fingerprint density at radius 2 is 1.82 bits per heavy atom. The van der Waals surface area contributed by atoms with Crippen molar-refractivity contribution in [1.82, 2.24) is 14.5 Å². The van der Waals surface area contributed by atoms with E-state index in [1.165, 1.54) is 36.2 Å².